The molecule has 24 heavy (non-hydrogen) atoms. The van der Waals surface area contributed by atoms with Crippen LogP contribution in [0, 0.1) is 13.8 Å². The SMILES string of the molecule is COc1cc(C)c(Br)cc1S(=O)(=O)O.COc1ccc(Br)c(C)c1. The Hall–Kier alpha value is -1.09. The Morgan fingerprint density at radius 3 is 1.96 bits per heavy atom. The van der Waals surface area contributed by atoms with Gasteiger partial charge in [0.25, 0.3) is 10.1 Å². The third-order valence-electron chi connectivity index (χ3n) is 3.09. The molecular formula is C16H18Br2O5S. The average molecular weight is 482 g/mol. The number of hydrogen-bond acceptors (Lipinski definition) is 4. The molecule has 0 heterocycles. The van der Waals surface area contributed by atoms with Gasteiger partial charge in [-0.15, -0.1) is 0 Å². The van der Waals surface area contributed by atoms with Crippen molar-refractivity contribution in [3.63, 3.8) is 0 Å². The van der Waals surface area contributed by atoms with E-state index >= 15 is 0 Å². The third-order valence-corrected chi connectivity index (χ3v) is 5.71. The van der Waals surface area contributed by atoms with Gasteiger partial charge in [-0.3, -0.25) is 4.55 Å². The third kappa shape index (κ3) is 5.77. The van der Waals surface area contributed by atoms with Crippen LogP contribution in [-0.4, -0.2) is 27.2 Å². The molecule has 0 spiro atoms. The van der Waals surface area contributed by atoms with Gasteiger partial charge in [-0.2, -0.15) is 8.42 Å². The zero-order valence-electron chi connectivity index (χ0n) is 13.6. The van der Waals surface area contributed by atoms with Crippen LogP contribution in [0.25, 0.3) is 0 Å². The summed E-state index contributed by atoms with van der Waals surface area (Å²) < 4.78 is 42.3. The van der Waals surface area contributed by atoms with Crippen molar-refractivity contribution in [1.82, 2.24) is 0 Å². The largest absolute Gasteiger partial charge is 0.497 e. The predicted octanol–water partition coefficient (Wildman–Crippen LogP) is 4.78. The molecule has 5 nitrogen and oxygen atoms in total. The van der Waals surface area contributed by atoms with Crippen molar-refractivity contribution in [2.24, 2.45) is 0 Å². The predicted molar refractivity (Wildman–Crippen MR) is 101 cm³/mol. The molecule has 132 valence electrons. The molecule has 0 aliphatic rings. The summed E-state index contributed by atoms with van der Waals surface area (Å²) in [5.74, 6) is 1.04. The van der Waals surface area contributed by atoms with Crippen molar-refractivity contribution in [3.05, 3.63) is 50.4 Å². The first-order valence-corrected chi connectivity index (χ1v) is 9.74. The van der Waals surface area contributed by atoms with Crippen LogP contribution >= 0.6 is 31.9 Å². The number of benzene rings is 2. The van der Waals surface area contributed by atoms with Gasteiger partial charge in [0.15, 0.2) is 0 Å². The van der Waals surface area contributed by atoms with E-state index in [0.717, 1.165) is 15.8 Å². The van der Waals surface area contributed by atoms with Crippen LogP contribution in [0.4, 0.5) is 0 Å². The van der Waals surface area contributed by atoms with Crippen LogP contribution in [0.1, 0.15) is 11.1 Å². The van der Waals surface area contributed by atoms with Gasteiger partial charge in [-0.25, -0.2) is 0 Å². The zero-order valence-corrected chi connectivity index (χ0v) is 17.6. The molecule has 0 radical (unpaired) electrons. The summed E-state index contributed by atoms with van der Waals surface area (Å²) in [6, 6.07) is 8.74. The maximum atomic E-state index is 10.9. The van der Waals surface area contributed by atoms with Crippen LogP contribution in [0.3, 0.4) is 0 Å². The molecule has 1 N–H and O–H groups in total. The fraction of sp³-hybridized carbons (Fsp3) is 0.250. The maximum Gasteiger partial charge on any atom is 0.298 e. The number of halogens is 2. The second-order valence-corrected chi connectivity index (χ2v) is 7.94. The van der Waals surface area contributed by atoms with Crippen molar-refractivity contribution in [1.29, 1.82) is 0 Å². The zero-order chi connectivity index (χ0) is 18.5. The smallest absolute Gasteiger partial charge is 0.298 e. The fourth-order valence-corrected chi connectivity index (χ4v) is 3.15. The molecule has 0 aliphatic heterocycles. The van der Waals surface area contributed by atoms with Crippen molar-refractivity contribution >= 4 is 42.0 Å². The number of hydrogen-bond donors (Lipinski definition) is 1. The summed E-state index contributed by atoms with van der Waals surface area (Å²) >= 11 is 6.57. The summed E-state index contributed by atoms with van der Waals surface area (Å²) in [5.41, 5.74) is 2.02. The summed E-state index contributed by atoms with van der Waals surface area (Å²) in [7, 11) is -1.23. The Kier molecular flexibility index (Phi) is 7.72. The molecule has 0 amide bonds. The van der Waals surface area contributed by atoms with Crippen molar-refractivity contribution in [2.75, 3.05) is 14.2 Å². The average Bonchev–Trinajstić information content (AvgIpc) is 2.52. The topological polar surface area (TPSA) is 72.8 Å². The summed E-state index contributed by atoms with van der Waals surface area (Å²) in [4.78, 5) is -0.238. The summed E-state index contributed by atoms with van der Waals surface area (Å²) in [5, 5.41) is 0. The minimum atomic E-state index is -4.24. The van der Waals surface area contributed by atoms with Crippen LogP contribution in [0.2, 0.25) is 0 Å². The van der Waals surface area contributed by atoms with E-state index in [9.17, 15) is 8.42 Å². The van der Waals surface area contributed by atoms with Crippen LogP contribution < -0.4 is 9.47 Å². The van der Waals surface area contributed by atoms with Gasteiger partial charge in [0.2, 0.25) is 0 Å². The minimum absolute atomic E-state index is 0.133. The quantitative estimate of drug-likeness (QED) is 0.638. The summed E-state index contributed by atoms with van der Waals surface area (Å²) in [6.07, 6.45) is 0. The molecule has 8 heteroatoms. The van der Waals surface area contributed by atoms with Gasteiger partial charge in [0.05, 0.1) is 14.2 Å². The molecule has 2 aromatic carbocycles. The first-order valence-electron chi connectivity index (χ1n) is 6.72. The molecule has 0 atom stereocenters. The molecule has 2 aromatic rings. The Balaban J connectivity index is 0.000000254. The first kappa shape index (κ1) is 21.0. The molecule has 0 bridgehead atoms. The Morgan fingerprint density at radius 1 is 0.917 bits per heavy atom. The van der Waals surface area contributed by atoms with Gasteiger partial charge in [0.1, 0.15) is 16.4 Å². The molecule has 0 unspecified atom stereocenters. The number of methoxy groups -OCH3 is 2. The highest BCUT2D eigenvalue weighted by atomic mass is 79.9. The van der Waals surface area contributed by atoms with E-state index in [4.69, 9.17) is 14.0 Å². The van der Waals surface area contributed by atoms with Gasteiger partial charge in [-0.1, -0.05) is 31.9 Å². The van der Waals surface area contributed by atoms with Crippen molar-refractivity contribution < 1.29 is 22.4 Å². The van der Waals surface area contributed by atoms with E-state index in [-0.39, 0.29) is 10.6 Å². The minimum Gasteiger partial charge on any atom is -0.497 e. The summed E-state index contributed by atoms with van der Waals surface area (Å²) in [6.45, 7) is 3.83. The van der Waals surface area contributed by atoms with Gasteiger partial charge >= 0.3 is 0 Å². The van der Waals surface area contributed by atoms with Crippen LogP contribution in [0.15, 0.2) is 44.2 Å². The van der Waals surface area contributed by atoms with Gasteiger partial charge < -0.3 is 9.47 Å². The Labute approximate surface area is 159 Å². The monoisotopic (exact) mass is 480 g/mol. The lowest BCUT2D eigenvalue weighted by molar-refractivity contribution is 0.397. The van der Waals surface area contributed by atoms with Gasteiger partial charge in [0, 0.05) is 8.95 Å². The maximum absolute atomic E-state index is 10.9. The van der Waals surface area contributed by atoms with E-state index in [2.05, 4.69) is 31.9 Å². The Morgan fingerprint density at radius 2 is 1.50 bits per heavy atom. The van der Waals surface area contributed by atoms with Gasteiger partial charge in [-0.05, 0) is 55.3 Å². The van der Waals surface area contributed by atoms with Crippen molar-refractivity contribution in [2.45, 2.75) is 18.7 Å². The number of ether oxygens (including phenoxy) is 2. The lowest BCUT2D eigenvalue weighted by Gasteiger charge is -2.08. The highest BCUT2D eigenvalue weighted by Crippen LogP contribution is 2.30. The van der Waals surface area contributed by atoms with E-state index in [1.165, 1.54) is 24.8 Å². The molecule has 0 fully saturated rings. The lowest BCUT2D eigenvalue weighted by atomic mass is 10.2. The molecule has 0 aliphatic carbocycles. The molecule has 2 rings (SSSR count). The first-order chi connectivity index (χ1) is 11.1. The normalized spacial score (nSPS) is 10.6. The highest BCUT2D eigenvalue weighted by molar-refractivity contribution is 9.10. The lowest BCUT2D eigenvalue weighted by Crippen LogP contribution is -2.02. The molecule has 0 saturated heterocycles. The second-order valence-electron chi connectivity index (χ2n) is 4.84. The van der Waals surface area contributed by atoms with E-state index in [1.807, 2.05) is 25.1 Å². The Bertz CT molecular complexity index is 819. The van der Waals surface area contributed by atoms with E-state index in [1.54, 1.807) is 14.0 Å². The van der Waals surface area contributed by atoms with Crippen LogP contribution in [-0.2, 0) is 10.1 Å². The number of rotatable bonds is 3. The fourth-order valence-electron chi connectivity index (χ4n) is 1.74. The van der Waals surface area contributed by atoms with E-state index < -0.39 is 10.1 Å². The molecular weight excluding hydrogens is 464 g/mol. The molecule has 0 saturated carbocycles. The van der Waals surface area contributed by atoms with Crippen molar-refractivity contribution in [3.8, 4) is 11.5 Å². The van der Waals surface area contributed by atoms with Crippen LogP contribution in [0.5, 0.6) is 11.5 Å². The van der Waals surface area contributed by atoms with E-state index in [0.29, 0.717) is 4.47 Å². The number of aryl methyl sites for hydroxylation is 2. The second kappa shape index (κ2) is 8.84. The highest BCUT2D eigenvalue weighted by Gasteiger charge is 2.17. The standard InChI is InChI=1S/C8H9BrO4S.C8H9BrO/c1-5-3-7(13-2)8(4-6(5)9)14(10,11)12;1-6-5-7(10-2)3-4-8(6)9/h3-4H,1-2H3,(H,10,11,12);3-5H,1-2H3. The molecule has 0 aromatic heterocycles.